The van der Waals surface area contributed by atoms with E-state index in [-0.39, 0.29) is 12.0 Å². The molecule has 0 spiro atoms. The minimum absolute atomic E-state index is 0.0221. The molecule has 29 heavy (non-hydrogen) atoms. The van der Waals surface area contributed by atoms with E-state index in [1.165, 1.54) is 16.7 Å². The van der Waals surface area contributed by atoms with Gasteiger partial charge in [-0.15, -0.1) is 10.2 Å². The van der Waals surface area contributed by atoms with Gasteiger partial charge >= 0.3 is 6.03 Å². The molecule has 2 aromatic rings. The van der Waals surface area contributed by atoms with E-state index in [9.17, 15) is 9.59 Å². The minimum Gasteiger partial charge on any atom is -0.351 e. The number of imide groups is 1. The molecule has 1 aromatic heterocycles. The van der Waals surface area contributed by atoms with Crippen LogP contribution in [0.5, 0.6) is 0 Å². The summed E-state index contributed by atoms with van der Waals surface area (Å²) in [5, 5.41) is 11.2. The lowest BCUT2D eigenvalue weighted by Crippen LogP contribution is -3.06. The van der Waals surface area contributed by atoms with Gasteiger partial charge in [-0.05, 0) is 11.5 Å². The zero-order chi connectivity index (χ0) is 21.6. The number of quaternary nitrogens is 1. The minimum atomic E-state index is -0.852. The van der Waals surface area contributed by atoms with Crippen LogP contribution in [0.25, 0.3) is 0 Å². The number of primary amides is 1. The van der Waals surface area contributed by atoms with Crippen LogP contribution in [-0.2, 0) is 11.3 Å². The smallest absolute Gasteiger partial charge is 0.318 e. The third-order valence-corrected chi connectivity index (χ3v) is 6.21. The Morgan fingerprint density at radius 2 is 1.86 bits per heavy atom. The third-order valence-electron chi connectivity index (χ3n) is 4.69. The Labute approximate surface area is 176 Å². The second kappa shape index (κ2) is 10.4. The molecule has 0 radical (unpaired) electrons. The van der Waals surface area contributed by atoms with E-state index in [0.29, 0.717) is 11.7 Å². The summed E-state index contributed by atoms with van der Waals surface area (Å²) >= 11 is 1.31. The Kier molecular flexibility index (Phi) is 8.21. The molecule has 0 fully saturated rings. The second-order valence-electron chi connectivity index (χ2n) is 7.59. The number of nitrogens with one attached hydrogen (secondary N) is 2. The molecule has 158 valence electrons. The van der Waals surface area contributed by atoms with E-state index in [1.54, 1.807) is 0 Å². The van der Waals surface area contributed by atoms with Crippen LogP contribution in [0.4, 0.5) is 4.79 Å². The topological polar surface area (TPSA) is 107 Å². The highest BCUT2D eigenvalue weighted by Crippen LogP contribution is 2.29. The zero-order valence-electron chi connectivity index (χ0n) is 17.7. The quantitative estimate of drug-likeness (QED) is 0.530. The summed E-state index contributed by atoms with van der Waals surface area (Å²) in [6, 6.07) is 9.42. The molecule has 0 unspecified atom stereocenters. The number of nitrogens with two attached hydrogens (primary N) is 1. The van der Waals surface area contributed by atoms with Gasteiger partial charge in [0.15, 0.2) is 11.0 Å². The fraction of sp³-hybridized carbons (Fsp3) is 0.500. The van der Waals surface area contributed by atoms with Crippen molar-refractivity contribution in [2.24, 2.45) is 11.7 Å². The monoisotopic (exact) mass is 419 g/mol. The number of carbonyl (C=O) groups excluding carboxylic acids is 2. The summed E-state index contributed by atoms with van der Waals surface area (Å²) in [6.45, 7) is 6.59. The molecule has 2 rings (SSSR count). The summed E-state index contributed by atoms with van der Waals surface area (Å²) < 4.78 is 2.08. The van der Waals surface area contributed by atoms with Crippen molar-refractivity contribution in [3.8, 4) is 0 Å². The van der Waals surface area contributed by atoms with Crippen LogP contribution >= 0.6 is 11.8 Å². The van der Waals surface area contributed by atoms with Gasteiger partial charge in [-0.2, -0.15) is 0 Å². The normalized spacial score (nSPS) is 13.5. The lowest BCUT2D eigenvalue weighted by molar-refractivity contribution is -0.893. The van der Waals surface area contributed by atoms with Crippen LogP contribution < -0.4 is 16.0 Å². The van der Waals surface area contributed by atoms with Crippen molar-refractivity contribution >= 4 is 23.7 Å². The number of nitrogens with zero attached hydrogens (tertiary/aromatic N) is 3. The summed E-state index contributed by atoms with van der Waals surface area (Å²) in [7, 11) is 4.19. The zero-order valence-corrected chi connectivity index (χ0v) is 18.5. The molecule has 1 aromatic carbocycles. The van der Waals surface area contributed by atoms with Crippen molar-refractivity contribution < 1.29 is 14.5 Å². The predicted molar refractivity (Wildman–Crippen MR) is 114 cm³/mol. The van der Waals surface area contributed by atoms with E-state index in [1.807, 2.05) is 32.0 Å². The first kappa shape index (κ1) is 22.9. The summed E-state index contributed by atoms with van der Waals surface area (Å²) in [5.74, 6) is 0.446. The number of benzene rings is 1. The lowest BCUT2D eigenvalue weighted by atomic mass is 10.1. The van der Waals surface area contributed by atoms with Gasteiger partial charge in [-0.3, -0.25) is 14.7 Å². The Hall–Kier alpha value is -2.39. The lowest BCUT2D eigenvalue weighted by Gasteiger charge is -2.22. The van der Waals surface area contributed by atoms with Gasteiger partial charge in [0, 0.05) is 6.42 Å². The van der Waals surface area contributed by atoms with E-state index < -0.39 is 17.2 Å². The van der Waals surface area contributed by atoms with Gasteiger partial charge in [0.1, 0.15) is 6.04 Å². The van der Waals surface area contributed by atoms with Crippen LogP contribution in [-0.4, -0.2) is 46.0 Å². The van der Waals surface area contributed by atoms with E-state index >= 15 is 0 Å². The Morgan fingerprint density at radius 3 is 2.38 bits per heavy atom. The van der Waals surface area contributed by atoms with E-state index in [2.05, 4.69) is 53.2 Å². The molecule has 0 aliphatic carbocycles. The first-order valence-electron chi connectivity index (χ1n) is 9.78. The van der Waals surface area contributed by atoms with Crippen molar-refractivity contribution in [1.82, 2.24) is 20.1 Å². The molecule has 9 heteroatoms. The number of aromatic nitrogens is 3. The number of urea groups is 1. The van der Waals surface area contributed by atoms with E-state index in [4.69, 9.17) is 5.73 Å². The summed E-state index contributed by atoms with van der Waals surface area (Å²) in [4.78, 5) is 24.9. The van der Waals surface area contributed by atoms with Gasteiger partial charge in [0.05, 0.1) is 25.9 Å². The van der Waals surface area contributed by atoms with Crippen molar-refractivity contribution in [3.63, 3.8) is 0 Å². The Morgan fingerprint density at radius 1 is 1.21 bits per heavy atom. The molecular weight excluding hydrogens is 388 g/mol. The molecule has 3 amide bonds. The number of hydrogen-bond donors (Lipinski definition) is 3. The standard InChI is InChI=1S/C20H30N6O2S/c1-6-15(25(4)5)17-23-24-20(26(17)12-14-10-8-7-9-11-14)29-16(13(2)3)18(27)22-19(21)28/h7-11,13,15-16H,6,12H2,1-5H3,(H3,21,22,27,28)/p+1/t15-,16-/m1/s1. The highest BCUT2D eigenvalue weighted by Gasteiger charge is 2.30. The maximum absolute atomic E-state index is 12.5. The van der Waals surface area contributed by atoms with Gasteiger partial charge < -0.3 is 10.6 Å². The Bertz CT molecular complexity index is 822. The fourth-order valence-electron chi connectivity index (χ4n) is 3.21. The van der Waals surface area contributed by atoms with Crippen LogP contribution in [0, 0.1) is 5.92 Å². The SMILES string of the molecule is CC[C@H](c1nnc(S[C@@H](C(=O)NC(N)=O)C(C)C)n1Cc1ccccc1)[NH+](C)C. The molecule has 0 aliphatic rings. The molecule has 1 heterocycles. The first-order valence-corrected chi connectivity index (χ1v) is 10.7. The van der Waals surface area contributed by atoms with Crippen molar-refractivity contribution in [2.75, 3.05) is 14.1 Å². The number of hydrogen-bond acceptors (Lipinski definition) is 5. The first-order chi connectivity index (χ1) is 13.7. The molecule has 2 atom stereocenters. The number of thioether (sulfide) groups is 1. The van der Waals surface area contributed by atoms with Crippen LogP contribution in [0.1, 0.15) is 44.6 Å². The number of carbonyl (C=O) groups is 2. The third kappa shape index (κ3) is 6.04. The van der Waals surface area contributed by atoms with Gasteiger partial charge in [-0.25, -0.2) is 4.79 Å². The largest absolute Gasteiger partial charge is 0.351 e. The van der Waals surface area contributed by atoms with Gasteiger partial charge in [0.2, 0.25) is 5.91 Å². The van der Waals surface area contributed by atoms with Crippen molar-refractivity contribution in [2.45, 2.75) is 50.2 Å². The van der Waals surface area contributed by atoms with Crippen LogP contribution in [0.3, 0.4) is 0 Å². The average molecular weight is 420 g/mol. The van der Waals surface area contributed by atoms with Gasteiger partial charge in [0.25, 0.3) is 0 Å². The number of rotatable bonds is 9. The van der Waals surface area contributed by atoms with Crippen molar-refractivity contribution in [1.29, 1.82) is 0 Å². The molecule has 4 N–H and O–H groups in total. The molecule has 0 saturated carbocycles. The predicted octanol–water partition coefficient (Wildman–Crippen LogP) is 1.23. The van der Waals surface area contributed by atoms with Crippen molar-refractivity contribution in [3.05, 3.63) is 41.7 Å². The molecular formula is C20H31N6O2S+. The average Bonchev–Trinajstić information content (AvgIpc) is 3.02. The van der Waals surface area contributed by atoms with Crippen LogP contribution in [0.2, 0.25) is 0 Å². The van der Waals surface area contributed by atoms with Crippen LogP contribution in [0.15, 0.2) is 35.5 Å². The second-order valence-corrected chi connectivity index (χ2v) is 8.70. The highest BCUT2D eigenvalue weighted by molar-refractivity contribution is 8.00. The molecule has 0 bridgehead atoms. The van der Waals surface area contributed by atoms with Gasteiger partial charge in [-0.1, -0.05) is 62.9 Å². The number of amides is 3. The molecule has 0 saturated heterocycles. The highest BCUT2D eigenvalue weighted by atomic mass is 32.2. The maximum atomic E-state index is 12.5. The van der Waals surface area contributed by atoms with E-state index in [0.717, 1.165) is 17.8 Å². The summed E-state index contributed by atoms with van der Waals surface area (Å²) in [6.07, 6.45) is 0.912. The fourth-order valence-corrected chi connectivity index (χ4v) is 4.25. The summed E-state index contributed by atoms with van der Waals surface area (Å²) in [5.41, 5.74) is 6.26. The Balaban J connectivity index is 2.43. The molecule has 0 aliphatic heterocycles. The molecule has 8 nitrogen and oxygen atoms in total. The maximum Gasteiger partial charge on any atom is 0.318 e.